The molecular formula is C24H28ClN3O3S. The second-order valence-electron chi connectivity index (χ2n) is 7.58. The van der Waals surface area contributed by atoms with Crippen molar-refractivity contribution in [3.05, 3.63) is 59.1 Å². The highest BCUT2D eigenvalue weighted by Crippen LogP contribution is 2.23. The molecular weight excluding hydrogens is 446 g/mol. The van der Waals surface area contributed by atoms with Gasteiger partial charge in [-0.25, -0.2) is 0 Å². The van der Waals surface area contributed by atoms with Gasteiger partial charge in [0.05, 0.1) is 13.0 Å². The summed E-state index contributed by atoms with van der Waals surface area (Å²) in [6.07, 6.45) is 1.66. The normalized spacial score (nSPS) is 15.9. The Morgan fingerprint density at radius 1 is 1.12 bits per heavy atom. The predicted octanol–water partition coefficient (Wildman–Crippen LogP) is 4.52. The van der Waals surface area contributed by atoms with E-state index in [0.29, 0.717) is 41.9 Å². The molecule has 1 atom stereocenters. The quantitative estimate of drug-likeness (QED) is 0.514. The molecule has 0 aliphatic carbocycles. The van der Waals surface area contributed by atoms with Crippen LogP contribution < -0.4 is 10.1 Å². The first-order chi connectivity index (χ1) is 15.4. The minimum atomic E-state index is -0.609. The second-order valence-corrected chi connectivity index (χ2v) is 8.38. The van der Waals surface area contributed by atoms with E-state index in [2.05, 4.69) is 5.32 Å². The van der Waals surface area contributed by atoms with Gasteiger partial charge in [-0.05, 0) is 73.9 Å². The Balaban J connectivity index is 1.64. The number of thiocarbonyl (C=S) groups is 1. The number of amides is 2. The Bertz CT molecular complexity index is 950. The van der Waals surface area contributed by atoms with Gasteiger partial charge < -0.3 is 15.0 Å². The number of nitrogens with zero attached hydrogens (tertiary/aromatic N) is 2. The first-order valence-corrected chi connectivity index (χ1v) is 11.6. The summed E-state index contributed by atoms with van der Waals surface area (Å²) in [6.45, 7) is 5.60. The van der Waals surface area contributed by atoms with Gasteiger partial charge in [-0.3, -0.25) is 14.5 Å². The fraction of sp³-hybridized carbons (Fsp3) is 0.375. The molecule has 0 bridgehead atoms. The summed E-state index contributed by atoms with van der Waals surface area (Å²) in [5.41, 5.74) is 1.75. The van der Waals surface area contributed by atoms with Crippen molar-refractivity contribution in [1.82, 2.24) is 9.80 Å². The van der Waals surface area contributed by atoms with Gasteiger partial charge in [0.1, 0.15) is 11.8 Å². The highest BCUT2D eigenvalue weighted by molar-refractivity contribution is 7.80. The number of hydrogen-bond acceptors (Lipinski definition) is 4. The van der Waals surface area contributed by atoms with Gasteiger partial charge in [0.25, 0.3) is 5.91 Å². The van der Waals surface area contributed by atoms with Gasteiger partial charge in [-0.2, -0.15) is 0 Å². The van der Waals surface area contributed by atoms with Gasteiger partial charge in [0.15, 0.2) is 5.11 Å². The summed E-state index contributed by atoms with van der Waals surface area (Å²) in [4.78, 5) is 29.1. The fourth-order valence-corrected chi connectivity index (χ4v) is 4.14. The van der Waals surface area contributed by atoms with E-state index in [0.717, 1.165) is 17.7 Å². The van der Waals surface area contributed by atoms with Crippen molar-refractivity contribution in [3.63, 3.8) is 0 Å². The molecule has 1 heterocycles. The van der Waals surface area contributed by atoms with Gasteiger partial charge in [-0.15, -0.1) is 0 Å². The number of halogens is 1. The largest absolute Gasteiger partial charge is 0.494 e. The molecule has 0 saturated carbocycles. The summed E-state index contributed by atoms with van der Waals surface area (Å²) >= 11 is 11.5. The van der Waals surface area contributed by atoms with Gasteiger partial charge in [0.2, 0.25) is 5.91 Å². The Morgan fingerprint density at radius 2 is 1.81 bits per heavy atom. The van der Waals surface area contributed by atoms with Crippen LogP contribution in [0, 0.1) is 0 Å². The minimum Gasteiger partial charge on any atom is -0.494 e. The molecule has 1 fully saturated rings. The summed E-state index contributed by atoms with van der Waals surface area (Å²) in [6, 6.07) is 14.2. The van der Waals surface area contributed by atoms with E-state index in [1.807, 2.05) is 55.1 Å². The van der Waals surface area contributed by atoms with Gasteiger partial charge >= 0.3 is 0 Å². The average Bonchev–Trinajstić information content (AvgIpc) is 3.01. The van der Waals surface area contributed by atoms with Crippen molar-refractivity contribution < 1.29 is 14.3 Å². The third kappa shape index (κ3) is 5.99. The number of anilines is 1. The van der Waals surface area contributed by atoms with Crippen LogP contribution in [0.1, 0.15) is 32.3 Å². The molecule has 0 aromatic heterocycles. The number of nitrogens with one attached hydrogen (secondary N) is 1. The number of carbonyl (C=O) groups is 2. The zero-order chi connectivity index (χ0) is 23.1. The Kier molecular flexibility index (Phi) is 8.47. The highest BCUT2D eigenvalue weighted by atomic mass is 35.5. The monoisotopic (exact) mass is 473 g/mol. The van der Waals surface area contributed by atoms with Crippen molar-refractivity contribution >= 4 is 46.4 Å². The van der Waals surface area contributed by atoms with Crippen LogP contribution in [0.25, 0.3) is 0 Å². The first-order valence-electron chi connectivity index (χ1n) is 10.8. The number of carbonyl (C=O) groups excluding carboxylic acids is 2. The lowest BCUT2D eigenvalue weighted by Gasteiger charge is -2.23. The summed E-state index contributed by atoms with van der Waals surface area (Å²) in [7, 11) is 0. The predicted molar refractivity (Wildman–Crippen MR) is 131 cm³/mol. The van der Waals surface area contributed by atoms with Crippen LogP contribution in [-0.2, 0) is 16.0 Å². The van der Waals surface area contributed by atoms with E-state index in [1.165, 1.54) is 0 Å². The van der Waals surface area contributed by atoms with Crippen LogP contribution in [-0.4, -0.2) is 52.5 Å². The van der Waals surface area contributed by atoms with Crippen LogP contribution in [0.3, 0.4) is 0 Å². The molecule has 1 aliphatic heterocycles. The zero-order valence-electron chi connectivity index (χ0n) is 18.3. The lowest BCUT2D eigenvalue weighted by molar-refractivity contribution is -0.130. The summed E-state index contributed by atoms with van der Waals surface area (Å²) in [5, 5.41) is 4.02. The van der Waals surface area contributed by atoms with Gasteiger partial charge in [0, 0.05) is 23.8 Å². The SMILES string of the molecule is CCCOc1ccc(NC(=O)C[C@@H]2C(=O)N(CC)C(=S)N2CCc2ccc(Cl)cc2)cc1. The van der Waals surface area contributed by atoms with E-state index in [4.69, 9.17) is 28.6 Å². The summed E-state index contributed by atoms with van der Waals surface area (Å²) < 4.78 is 5.57. The molecule has 2 aromatic carbocycles. The molecule has 0 radical (unpaired) electrons. The van der Waals surface area contributed by atoms with Crippen LogP contribution in [0.2, 0.25) is 5.02 Å². The molecule has 170 valence electrons. The fourth-order valence-electron chi connectivity index (χ4n) is 3.58. The molecule has 6 nitrogen and oxygen atoms in total. The molecule has 1 aliphatic rings. The number of likely N-dealkylation sites (N-methyl/N-ethyl adjacent to an activating group) is 1. The van der Waals surface area contributed by atoms with E-state index >= 15 is 0 Å². The van der Waals surface area contributed by atoms with Crippen molar-refractivity contribution in [1.29, 1.82) is 0 Å². The molecule has 0 spiro atoms. The average molecular weight is 474 g/mol. The third-order valence-corrected chi connectivity index (χ3v) is 5.97. The van der Waals surface area contributed by atoms with Crippen molar-refractivity contribution in [3.8, 4) is 5.75 Å². The molecule has 2 amide bonds. The smallest absolute Gasteiger partial charge is 0.252 e. The first kappa shape index (κ1) is 24.0. The maximum absolute atomic E-state index is 12.9. The minimum absolute atomic E-state index is 0.0319. The lowest BCUT2D eigenvalue weighted by atomic mass is 10.1. The molecule has 8 heteroatoms. The summed E-state index contributed by atoms with van der Waals surface area (Å²) in [5.74, 6) is 0.392. The zero-order valence-corrected chi connectivity index (χ0v) is 19.9. The standard InChI is InChI=1S/C24H28ClN3O3S/c1-3-15-31-20-11-9-19(10-12-20)26-22(29)16-21-23(30)27(4-2)24(32)28(21)14-13-17-5-7-18(25)8-6-17/h5-12,21H,3-4,13-16H2,1-2H3,(H,26,29)/t21-/m1/s1. The van der Waals surface area contributed by atoms with Crippen molar-refractivity contribution in [2.75, 3.05) is 25.0 Å². The molecule has 1 saturated heterocycles. The Morgan fingerprint density at radius 3 is 2.44 bits per heavy atom. The molecule has 2 aromatic rings. The van der Waals surface area contributed by atoms with Crippen molar-refractivity contribution in [2.24, 2.45) is 0 Å². The topological polar surface area (TPSA) is 61.9 Å². The number of benzene rings is 2. The number of hydrogen-bond donors (Lipinski definition) is 1. The van der Waals surface area contributed by atoms with Gasteiger partial charge in [-0.1, -0.05) is 30.7 Å². The van der Waals surface area contributed by atoms with Crippen LogP contribution in [0.4, 0.5) is 5.69 Å². The van der Waals surface area contributed by atoms with E-state index in [1.54, 1.807) is 17.0 Å². The maximum Gasteiger partial charge on any atom is 0.252 e. The molecule has 1 N–H and O–H groups in total. The number of rotatable bonds is 10. The van der Waals surface area contributed by atoms with Crippen LogP contribution in [0.15, 0.2) is 48.5 Å². The van der Waals surface area contributed by atoms with Crippen LogP contribution >= 0.6 is 23.8 Å². The van der Waals surface area contributed by atoms with E-state index in [9.17, 15) is 9.59 Å². The van der Waals surface area contributed by atoms with Crippen LogP contribution in [0.5, 0.6) is 5.75 Å². The third-order valence-electron chi connectivity index (χ3n) is 5.26. The van der Waals surface area contributed by atoms with E-state index in [-0.39, 0.29) is 18.2 Å². The molecule has 3 rings (SSSR count). The Hall–Kier alpha value is -2.64. The molecule has 32 heavy (non-hydrogen) atoms. The number of ether oxygens (including phenoxy) is 1. The van der Waals surface area contributed by atoms with E-state index < -0.39 is 6.04 Å². The van der Waals surface area contributed by atoms with Crippen molar-refractivity contribution in [2.45, 2.75) is 39.2 Å². The maximum atomic E-state index is 12.9. The Labute approximate surface area is 199 Å². The highest BCUT2D eigenvalue weighted by Gasteiger charge is 2.42. The second kappa shape index (κ2) is 11.3. The molecule has 0 unspecified atom stereocenters. The lowest BCUT2D eigenvalue weighted by Crippen LogP contribution is -2.39.